The number of piperazine rings is 1. The van der Waals surface area contributed by atoms with E-state index in [1.54, 1.807) is 0 Å². The van der Waals surface area contributed by atoms with Gasteiger partial charge < -0.3 is 10.5 Å². The number of carbonyl (C=O) groups is 1. The Morgan fingerprint density at radius 2 is 1.85 bits per heavy atom. The van der Waals surface area contributed by atoms with Gasteiger partial charge in [-0.05, 0) is 27.2 Å². The first kappa shape index (κ1) is 17.4. The molecule has 0 aromatic rings. The third-order valence-corrected chi connectivity index (χ3v) is 3.59. The fourth-order valence-corrected chi connectivity index (χ4v) is 2.63. The van der Waals surface area contributed by atoms with Crippen molar-refractivity contribution >= 4 is 5.97 Å². The standard InChI is InChI=1S/C15H31N3O2/c1-5-6-13(11-16)18-9-7-17(8-10-18)12-14(19)20-15(2,3)4/h13H,5-12,16H2,1-4H3. The van der Waals surface area contributed by atoms with Gasteiger partial charge in [-0.3, -0.25) is 14.6 Å². The fourth-order valence-electron chi connectivity index (χ4n) is 2.63. The number of hydrogen-bond acceptors (Lipinski definition) is 5. The first-order valence-corrected chi connectivity index (χ1v) is 7.74. The molecule has 1 rings (SSSR count). The quantitative estimate of drug-likeness (QED) is 0.740. The zero-order chi connectivity index (χ0) is 15.2. The highest BCUT2D eigenvalue weighted by atomic mass is 16.6. The number of hydrogen-bond donors (Lipinski definition) is 1. The van der Waals surface area contributed by atoms with E-state index in [2.05, 4.69) is 16.7 Å². The highest BCUT2D eigenvalue weighted by molar-refractivity contribution is 5.72. The van der Waals surface area contributed by atoms with Crippen molar-refractivity contribution in [3.8, 4) is 0 Å². The van der Waals surface area contributed by atoms with E-state index in [0.29, 0.717) is 12.6 Å². The smallest absolute Gasteiger partial charge is 0.320 e. The van der Waals surface area contributed by atoms with E-state index in [1.165, 1.54) is 6.42 Å². The molecule has 0 aromatic heterocycles. The lowest BCUT2D eigenvalue weighted by Gasteiger charge is -2.38. The Labute approximate surface area is 123 Å². The van der Waals surface area contributed by atoms with Gasteiger partial charge >= 0.3 is 5.97 Å². The highest BCUT2D eigenvalue weighted by Crippen LogP contribution is 2.12. The van der Waals surface area contributed by atoms with Gasteiger partial charge in [-0.2, -0.15) is 0 Å². The van der Waals surface area contributed by atoms with Crippen molar-refractivity contribution in [2.45, 2.75) is 52.2 Å². The van der Waals surface area contributed by atoms with Gasteiger partial charge in [0.15, 0.2) is 0 Å². The van der Waals surface area contributed by atoms with E-state index in [-0.39, 0.29) is 5.97 Å². The Morgan fingerprint density at radius 3 is 2.30 bits per heavy atom. The van der Waals surface area contributed by atoms with Crippen molar-refractivity contribution in [1.29, 1.82) is 0 Å². The molecule has 20 heavy (non-hydrogen) atoms. The Kier molecular flexibility index (Phi) is 6.92. The van der Waals surface area contributed by atoms with Crippen LogP contribution in [0.25, 0.3) is 0 Å². The highest BCUT2D eigenvalue weighted by Gasteiger charge is 2.25. The summed E-state index contributed by atoms with van der Waals surface area (Å²) in [6.07, 6.45) is 2.32. The lowest BCUT2D eigenvalue weighted by Crippen LogP contribution is -2.53. The summed E-state index contributed by atoms with van der Waals surface area (Å²) >= 11 is 0. The topological polar surface area (TPSA) is 58.8 Å². The Bertz CT molecular complexity index is 294. The molecule has 0 spiro atoms. The van der Waals surface area contributed by atoms with Crippen LogP contribution < -0.4 is 5.73 Å². The molecule has 1 atom stereocenters. The summed E-state index contributed by atoms with van der Waals surface area (Å²) in [6.45, 7) is 12.8. The minimum Gasteiger partial charge on any atom is -0.459 e. The first-order chi connectivity index (χ1) is 9.35. The van der Waals surface area contributed by atoms with Gasteiger partial charge in [-0.15, -0.1) is 0 Å². The number of rotatable bonds is 6. The van der Waals surface area contributed by atoms with E-state index in [4.69, 9.17) is 10.5 Å². The number of ether oxygens (including phenoxy) is 1. The minimum absolute atomic E-state index is 0.130. The second-order valence-corrected chi connectivity index (χ2v) is 6.58. The minimum atomic E-state index is -0.398. The molecule has 5 heteroatoms. The molecule has 118 valence electrons. The molecule has 1 unspecified atom stereocenters. The van der Waals surface area contributed by atoms with Crippen molar-refractivity contribution in [3.63, 3.8) is 0 Å². The first-order valence-electron chi connectivity index (χ1n) is 7.74. The molecule has 1 aliphatic rings. The number of carbonyl (C=O) groups excluding carboxylic acids is 1. The summed E-state index contributed by atoms with van der Waals surface area (Å²) in [6, 6.07) is 0.490. The summed E-state index contributed by atoms with van der Waals surface area (Å²) in [5.74, 6) is -0.130. The van der Waals surface area contributed by atoms with E-state index < -0.39 is 5.60 Å². The van der Waals surface area contributed by atoms with Crippen LogP contribution in [-0.4, -0.2) is 66.7 Å². The van der Waals surface area contributed by atoms with Gasteiger partial charge in [0.2, 0.25) is 0 Å². The average molecular weight is 285 g/mol. The maximum Gasteiger partial charge on any atom is 0.320 e. The lowest BCUT2D eigenvalue weighted by atomic mass is 10.1. The molecule has 0 aliphatic carbocycles. The summed E-state index contributed by atoms with van der Waals surface area (Å²) in [7, 11) is 0. The normalized spacial score (nSPS) is 19.9. The van der Waals surface area contributed by atoms with Crippen LogP contribution in [0, 0.1) is 0 Å². The lowest BCUT2D eigenvalue weighted by molar-refractivity contribution is -0.156. The van der Waals surface area contributed by atoms with Gasteiger partial charge in [0.05, 0.1) is 6.54 Å². The van der Waals surface area contributed by atoms with Crippen LogP contribution in [-0.2, 0) is 9.53 Å². The predicted molar refractivity (Wildman–Crippen MR) is 81.6 cm³/mol. The van der Waals surface area contributed by atoms with Crippen LogP contribution in [0.4, 0.5) is 0 Å². The van der Waals surface area contributed by atoms with Gasteiger partial charge in [-0.1, -0.05) is 13.3 Å². The van der Waals surface area contributed by atoms with Crippen molar-refractivity contribution < 1.29 is 9.53 Å². The maximum absolute atomic E-state index is 11.8. The second-order valence-electron chi connectivity index (χ2n) is 6.58. The molecule has 1 heterocycles. The summed E-state index contributed by atoms with van der Waals surface area (Å²) in [5, 5.41) is 0. The third kappa shape index (κ3) is 6.20. The molecule has 1 saturated heterocycles. The van der Waals surface area contributed by atoms with Crippen LogP contribution in [0.15, 0.2) is 0 Å². The van der Waals surface area contributed by atoms with Crippen LogP contribution in [0.2, 0.25) is 0 Å². The number of esters is 1. The Morgan fingerprint density at radius 1 is 1.25 bits per heavy atom. The Hall–Kier alpha value is -0.650. The van der Waals surface area contributed by atoms with E-state index in [9.17, 15) is 4.79 Å². The molecular weight excluding hydrogens is 254 g/mol. The molecule has 5 nitrogen and oxygen atoms in total. The SMILES string of the molecule is CCCC(CN)N1CCN(CC(=O)OC(C)(C)C)CC1. The van der Waals surface area contributed by atoms with E-state index in [0.717, 1.165) is 39.1 Å². The molecule has 2 N–H and O–H groups in total. The number of nitrogens with two attached hydrogens (primary N) is 1. The molecule has 0 bridgehead atoms. The van der Waals surface area contributed by atoms with E-state index >= 15 is 0 Å². The van der Waals surface area contributed by atoms with E-state index in [1.807, 2.05) is 20.8 Å². The summed E-state index contributed by atoms with van der Waals surface area (Å²) in [4.78, 5) is 16.4. The largest absolute Gasteiger partial charge is 0.459 e. The van der Waals surface area contributed by atoms with Crippen molar-refractivity contribution in [2.75, 3.05) is 39.3 Å². The molecule has 0 amide bonds. The molecule has 1 aliphatic heterocycles. The Balaban J connectivity index is 2.33. The van der Waals surface area contributed by atoms with Crippen LogP contribution in [0.1, 0.15) is 40.5 Å². The molecule has 0 radical (unpaired) electrons. The summed E-state index contributed by atoms with van der Waals surface area (Å²) in [5.41, 5.74) is 5.45. The zero-order valence-corrected chi connectivity index (χ0v) is 13.5. The molecular formula is C15H31N3O2. The zero-order valence-electron chi connectivity index (χ0n) is 13.5. The van der Waals surface area contributed by atoms with Gasteiger partial charge in [0.25, 0.3) is 0 Å². The third-order valence-electron chi connectivity index (χ3n) is 3.59. The second kappa shape index (κ2) is 7.96. The van der Waals surface area contributed by atoms with Gasteiger partial charge in [0.1, 0.15) is 5.60 Å². The summed E-state index contributed by atoms with van der Waals surface area (Å²) < 4.78 is 5.36. The van der Waals surface area contributed by atoms with Crippen molar-refractivity contribution in [3.05, 3.63) is 0 Å². The van der Waals surface area contributed by atoms with Crippen molar-refractivity contribution in [2.24, 2.45) is 5.73 Å². The fraction of sp³-hybridized carbons (Fsp3) is 0.933. The predicted octanol–water partition coefficient (Wildman–Crippen LogP) is 1.07. The maximum atomic E-state index is 11.8. The van der Waals surface area contributed by atoms with Crippen LogP contribution in [0.5, 0.6) is 0 Å². The van der Waals surface area contributed by atoms with Gasteiger partial charge in [-0.25, -0.2) is 0 Å². The molecule has 1 fully saturated rings. The average Bonchev–Trinajstić information content (AvgIpc) is 2.34. The van der Waals surface area contributed by atoms with Crippen molar-refractivity contribution in [1.82, 2.24) is 9.80 Å². The monoisotopic (exact) mass is 285 g/mol. The van der Waals surface area contributed by atoms with Crippen LogP contribution >= 0.6 is 0 Å². The number of nitrogens with zero attached hydrogens (tertiary/aromatic N) is 2. The molecule has 0 aromatic carbocycles. The molecule has 0 saturated carbocycles. The van der Waals surface area contributed by atoms with Gasteiger partial charge in [0, 0.05) is 38.8 Å². The van der Waals surface area contributed by atoms with Crippen LogP contribution in [0.3, 0.4) is 0 Å².